The monoisotopic (exact) mass is 440 g/mol. The van der Waals surface area contributed by atoms with Crippen molar-refractivity contribution in [1.82, 2.24) is 4.90 Å². The number of rotatable bonds is 4. The highest BCUT2D eigenvalue weighted by atomic mass is 35.5. The van der Waals surface area contributed by atoms with Gasteiger partial charge in [0.05, 0.1) is 6.54 Å². The molecule has 0 saturated carbocycles. The van der Waals surface area contributed by atoms with E-state index in [4.69, 9.17) is 23.2 Å². The Bertz CT molecular complexity index is 1050. The van der Waals surface area contributed by atoms with Gasteiger partial charge in [0.25, 0.3) is 5.91 Å². The number of hydrogen-bond donors (Lipinski definition) is 0. The van der Waals surface area contributed by atoms with Crippen LogP contribution in [0.4, 0.5) is 0 Å². The summed E-state index contributed by atoms with van der Waals surface area (Å²) in [5.74, 6) is 0.599. The molecule has 0 aromatic heterocycles. The molecule has 0 fully saturated rings. The molecule has 3 aromatic rings. The quantitative estimate of drug-likeness (QED) is 0.469. The molecule has 0 bridgehead atoms. The Labute approximate surface area is 184 Å². The van der Waals surface area contributed by atoms with Gasteiger partial charge in [-0.25, -0.2) is 0 Å². The third kappa shape index (κ3) is 4.67. The van der Waals surface area contributed by atoms with Crippen molar-refractivity contribution in [2.45, 2.75) is 5.75 Å². The molecule has 1 aliphatic heterocycles. The smallest absolute Gasteiger partial charge is 0.259 e. The lowest BCUT2D eigenvalue weighted by atomic mass is 10.0. The van der Waals surface area contributed by atoms with Crippen LogP contribution in [0.15, 0.2) is 77.8 Å². The Kier molecular flexibility index (Phi) is 6.24. The Morgan fingerprint density at radius 1 is 0.966 bits per heavy atom. The Morgan fingerprint density at radius 2 is 1.69 bits per heavy atom. The van der Waals surface area contributed by atoms with Gasteiger partial charge < -0.3 is 0 Å². The second kappa shape index (κ2) is 9.04. The summed E-state index contributed by atoms with van der Waals surface area (Å²) in [7, 11) is 0. The third-order valence-electron chi connectivity index (χ3n) is 4.66. The number of carbonyl (C=O) groups excluding carboxylic acids is 1. The molecule has 0 radical (unpaired) electrons. The zero-order chi connectivity index (χ0) is 20.2. The SMILES string of the molecule is O=C(c1ccc(-c2ccccc2)cc1)N1CCN=C1SCc1ccc(Cl)cc1Cl. The number of hydrogen-bond acceptors (Lipinski definition) is 3. The molecule has 0 N–H and O–H groups in total. The topological polar surface area (TPSA) is 32.7 Å². The summed E-state index contributed by atoms with van der Waals surface area (Å²) in [6.45, 7) is 1.21. The lowest BCUT2D eigenvalue weighted by Gasteiger charge is -2.18. The average molecular weight is 441 g/mol. The van der Waals surface area contributed by atoms with Gasteiger partial charge in [-0.05, 0) is 41.0 Å². The van der Waals surface area contributed by atoms with Crippen molar-refractivity contribution >= 4 is 46.0 Å². The lowest BCUT2D eigenvalue weighted by molar-refractivity contribution is 0.0860. The number of carbonyl (C=O) groups is 1. The summed E-state index contributed by atoms with van der Waals surface area (Å²) in [5.41, 5.74) is 3.84. The van der Waals surface area contributed by atoms with Gasteiger partial charge in [-0.3, -0.25) is 14.7 Å². The van der Waals surface area contributed by atoms with Gasteiger partial charge in [0, 0.05) is 27.9 Å². The fraction of sp³-hybridized carbons (Fsp3) is 0.130. The van der Waals surface area contributed by atoms with Gasteiger partial charge in [0.2, 0.25) is 0 Å². The lowest BCUT2D eigenvalue weighted by Crippen LogP contribution is -2.32. The van der Waals surface area contributed by atoms with Crippen LogP contribution in [0, 0.1) is 0 Å². The summed E-state index contributed by atoms with van der Waals surface area (Å²) >= 11 is 13.7. The second-order valence-corrected chi connectivity index (χ2v) is 8.38. The fourth-order valence-electron chi connectivity index (χ4n) is 3.11. The Balaban J connectivity index is 1.44. The van der Waals surface area contributed by atoms with Crippen LogP contribution in [-0.2, 0) is 5.75 Å². The van der Waals surface area contributed by atoms with E-state index in [-0.39, 0.29) is 5.91 Å². The molecule has 0 spiro atoms. The molecule has 146 valence electrons. The van der Waals surface area contributed by atoms with E-state index < -0.39 is 0 Å². The van der Waals surface area contributed by atoms with E-state index in [2.05, 4.69) is 17.1 Å². The van der Waals surface area contributed by atoms with Crippen molar-refractivity contribution in [1.29, 1.82) is 0 Å². The number of aliphatic imine (C=N–C) groups is 1. The van der Waals surface area contributed by atoms with Crippen molar-refractivity contribution in [2.24, 2.45) is 4.99 Å². The van der Waals surface area contributed by atoms with Crippen LogP contribution >= 0.6 is 35.0 Å². The van der Waals surface area contributed by atoms with E-state index in [0.29, 0.717) is 34.5 Å². The van der Waals surface area contributed by atoms with Crippen LogP contribution < -0.4 is 0 Å². The third-order valence-corrected chi connectivity index (χ3v) is 6.31. The Hall–Kier alpha value is -2.27. The minimum atomic E-state index is -0.0319. The van der Waals surface area contributed by atoms with Gasteiger partial charge in [-0.1, -0.05) is 83.5 Å². The maximum Gasteiger partial charge on any atom is 0.259 e. The summed E-state index contributed by atoms with van der Waals surface area (Å²) in [4.78, 5) is 19.3. The first kappa shape index (κ1) is 20.0. The van der Waals surface area contributed by atoms with Crippen LogP contribution in [0.1, 0.15) is 15.9 Å². The molecule has 4 rings (SSSR count). The average Bonchev–Trinajstić information content (AvgIpc) is 3.22. The summed E-state index contributed by atoms with van der Waals surface area (Å²) in [6.07, 6.45) is 0. The van der Waals surface area contributed by atoms with Gasteiger partial charge >= 0.3 is 0 Å². The molecule has 0 unspecified atom stereocenters. The highest BCUT2D eigenvalue weighted by Crippen LogP contribution is 2.28. The number of thioether (sulfide) groups is 1. The van der Waals surface area contributed by atoms with Crippen molar-refractivity contribution in [3.05, 3.63) is 94.0 Å². The highest BCUT2D eigenvalue weighted by molar-refractivity contribution is 8.13. The van der Waals surface area contributed by atoms with E-state index in [0.717, 1.165) is 21.9 Å². The van der Waals surface area contributed by atoms with E-state index in [1.807, 2.05) is 54.6 Å². The van der Waals surface area contributed by atoms with Crippen molar-refractivity contribution in [3.8, 4) is 11.1 Å². The maximum atomic E-state index is 13.0. The molecule has 1 amide bonds. The van der Waals surface area contributed by atoms with Crippen LogP contribution in [0.25, 0.3) is 11.1 Å². The molecule has 1 aliphatic rings. The van der Waals surface area contributed by atoms with Crippen molar-refractivity contribution in [2.75, 3.05) is 13.1 Å². The zero-order valence-electron chi connectivity index (χ0n) is 15.5. The molecule has 0 aliphatic carbocycles. The van der Waals surface area contributed by atoms with Crippen molar-refractivity contribution < 1.29 is 4.79 Å². The largest absolute Gasteiger partial charge is 0.286 e. The van der Waals surface area contributed by atoms with Gasteiger partial charge in [-0.15, -0.1) is 0 Å². The van der Waals surface area contributed by atoms with Crippen LogP contribution in [0.5, 0.6) is 0 Å². The molecular weight excluding hydrogens is 423 g/mol. The molecule has 1 heterocycles. The van der Waals surface area contributed by atoms with Gasteiger partial charge in [-0.2, -0.15) is 0 Å². The number of amidine groups is 1. The summed E-state index contributed by atoms with van der Waals surface area (Å²) in [6, 6.07) is 23.3. The molecule has 29 heavy (non-hydrogen) atoms. The number of halogens is 2. The minimum Gasteiger partial charge on any atom is -0.286 e. The first-order chi connectivity index (χ1) is 14.1. The predicted molar refractivity (Wildman–Crippen MR) is 123 cm³/mol. The van der Waals surface area contributed by atoms with Crippen LogP contribution in [-0.4, -0.2) is 29.1 Å². The zero-order valence-corrected chi connectivity index (χ0v) is 17.8. The van der Waals surface area contributed by atoms with Crippen LogP contribution in [0.2, 0.25) is 10.0 Å². The second-order valence-electron chi connectivity index (χ2n) is 6.59. The summed E-state index contributed by atoms with van der Waals surface area (Å²) < 4.78 is 0. The first-order valence-corrected chi connectivity index (χ1v) is 10.9. The predicted octanol–water partition coefficient (Wildman–Crippen LogP) is 6.41. The summed E-state index contributed by atoms with van der Waals surface area (Å²) in [5, 5.41) is 1.96. The number of amides is 1. The standard InChI is InChI=1S/C23H18Cl2N2OS/c24-20-11-10-19(21(25)14-20)15-29-23-26-12-13-27(23)22(28)18-8-6-17(7-9-18)16-4-2-1-3-5-16/h1-11,14H,12-13,15H2. The van der Waals surface area contributed by atoms with E-state index in [9.17, 15) is 4.79 Å². The molecular formula is C23H18Cl2N2OS. The number of benzene rings is 3. The fourth-order valence-corrected chi connectivity index (χ4v) is 4.71. The highest BCUT2D eigenvalue weighted by Gasteiger charge is 2.25. The van der Waals surface area contributed by atoms with Gasteiger partial charge in [0.1, 0.15) is 0 Å². The first-order valence-electron chi connectivity index (χ1n) is 9.20. The molecule has 0 saturated heterocycles. The van der Waals surface area contributed by atoms with E-state index >= 15 is 0 Å². The normalized spacial score (nSPS) is 13.4. The van der Waals surface area contributed by atoms with Crippen LogP contribution in [0.3, 0.4) is 0 Å². The maximum absolute atomic E-state index is 13.0. The van der Waals surface area contributed by atoms with Gasteiger partial charge in [0.15, 0.2) is 5.17 Å². The molecule has 6 heteroatoms. The minimum absolute atomic E-state index is 0.0319. The molecule has 0 atom stereocenters. The Morgan fingerprint density at radius 3 is 2.41 bits per heavy atom. The van der Waals surface area contributed by atoms with Crippen molar-refractivity contribution in [3.63, 3.8) is 0 Å². The number of nitrogens with zero attached hydrogens (tertiary/aromatic N) is 2. The van der Waals surface area contributed by atoms with E-state index in [1.54, 1.807) is 11.0 Å². The van der Waals surface area contributed by atoms with E-state index in [1.165, 1.54) is 11.8 Å². The molecule has 3 aromatic carbocycles. The molecule has 3 nitrogen and oxygen atoms in total.